The predicted molar refractivity (Wildman–Crippen MR) is 63.5 cm³/mol. The molecule has 0 bridgehead atoms. The number of halogens is 4. The van der Waals surface area contributed by atoms with E-state index in [0.29, 0.717) is 23.3 Å². The first-order chi connectivity index (χ1) is 8.88. The smallest absolute Gasteiger partial charge is 0.161 e. The van der Waals surface area contributed by atoms with Crippen LogP contribution in [0.4, 0.5) is 17.6 Å². The van der Waals surface area contributed by atoms with Gasteiger partial charge in [0.2, 0.25) is 0 Å². The van der Waals surface area contributed by atoms with Gasteiger partial charge in [0.05, 0.1) is 6.04 Å². The Morgan fingerprint density at radius 2 is 1.47 bits per heavy atom. The van der Waals surface area contributed by atoms with Crippen molar-refractivity contribution in [1.82, 2.24) is 0 Å². The minimum Gasteiger partial charge on any atom is -0.320 e. The standard InChI is InChI=1S/C14H11F4N/c1-7-2-8(4-9(15)3-7)14(19)10-5-12(17)13(18)6-11(10)16/h2-6,14H,19H2,1H3. The van der Waals surface area contributed by atoms with Gasteiger partial charge in [0.25, 0.3) is 0 Å². The Morgan fingerprint density at radius 3 is 2.11 bits per heavy atom. The van der Waals surface area contributed by atoms with E-state index < -0.39 is 29.3 Å². The highest BCUT2D eigenvalue weighted by Crippen LogP contribution is 2.25. The molecule has 19 heavy (non-hydrogen) atoms. The molecule has 0 saturated heterocycles. The molecular weight excluding hydrogens is 258 g/mol. The Kier molecular flexibility index (Phi) is 3.57. The highest BCUT2D eigenvalue weighted by atomic mass is 19.2. The molecule has 2 aromatic rings. The maximum Gasteiger partial charge on any atom is 0.161 e. The second kappa shape index (κ2) is 5.01. The molecule has 5 heteroatoms. The van der Waals surface area contributed by atoms with Gasteiger partial charge >= 0.3 is 0 Å². The molecule has 2 N–H and O–H groups in total. The quantitative estimate of drug-likeness (QED) is 0.654. The van der Waals surface area contributed by atoms with Crippen molar-refractivity contribution in [1.29, 1.82) is 0 Å². The Balaban J connectivity index is 2.49. The summed E-state index contributed by atoms with van der Waals surface area (Å²) >= 11 is 0. The first-order valence-corrected chi connectivity index (χ1v) is 5.55. The minimum atomic E-state index is -1.29. The third kappa shape index (κ3) is 2.76. The summed E-state index contributed by atoms with van der Waals surface area (Å²) < 4.78 is 52.8. The van der Waals surface area contributed by atoms with Crippen LogP contribution in [0.25, 0.3) is 0 Å². The number of rotatable bonds is 2. The summed E-state index contributed by atoms with van der Waals surface area (Å²) in [5.74, 6) is -3.97. The Labute approximate surface area is 107 Å². The van der Waals surface area contributed by atoms with Gasteiger partial charge in [-0.25, -0.2) is 17.6 Å². The van der Waals surface area contributed by atoms with Crippen LogP contribution in [0.2, 0.25) is 0 Å². The first kappa shape index (κ1) is 13.5. The van der Waals surface area contributed by atoms with E-state index in [2.05, 4.69) is 0 Å². The van der Waals surface area contributed by atoms with Crippen LogP contribution in [-0.2, 0) is 0 Å². The number of hydrogen-bond acceptors (Lipinski definition) is 1. The van der Waals surface area contributed by atoms with Crippen LogP contribution in [0.1, 0.15) is 22.7 Å². The third-order valence-corrected chi connectivity index (χ3v) is 2.80. The molecule has 0 heterocycles. The van der Waals surface area contributed by atoms with Crippen molar-refractivity contribution in [2.75, 3.05) is 0 Å². The predicted octanol–water partition coefficient (Wildman–Crippen LogP) is 3.60. The Bertz CT molecular complexity index is 605. The highest BCUT2D eigenvalue weighted by Gasteiger charge is 2.18. The second-order valence-electron chi connectivity index (χ2n) is 4.33. The lowest BCUT2D eigenvalue weighted by Crippen LogP contribution is -2.15. The van der Waals surface area contributed by atoms with Crippen LogP contribution in [0, 0.1) is 30.2 Å². The fourth-order valence-electron chi connectivity index (χ4n) is 1.90. The molecule has 1 atom stereocenters. The average molecular weight is 269 g/mol. The summed E-state index contributed by atoms with van der Waals surface area (Å²) in [7, 11) is 0. The van der Waals surface area contributed by atoms with Crippen LogP contribution < -0.4 is 5.73 Å². The van der Waals surface area contributed by atoms with Crippen molar-refractivity contribution in [3.05, 3.63) is 70.3 Å². The van der Waals surface area contributed by atoms with Crippen LogP contribution in [0.15, 0.2) is 30.3 Å². The molecule has 0 amide bonds. The third-order valence-electron chi connectivity index (χ3n) is 2.80. The Hall–Kier alpha value is -1.88. The van der Waals surface area contributed by atoms with E-state index in [1.54, 1.807) is 13.0 Å². The van der Waals surface area contributed by atoms with E-state index in [1.165, 1.54) is 6.07 Å². The largest absolute Gasteiger partial charge is 0.320 e. The van der Waals surface area contributed by atoms with Crippen molar-refractivity contribution >= 4 is 0 Å². The number of aryl methyl sites for hydroxylation is 1. The van der Waals surface area contributed by atoms with Gasteiger partial charge in [-0.05, 0) is 36.2 Å². The lowest BCUT2D eigenvalue weighted by atomic mass is 9.97. The van der Waals surface area contributed by atoms with Crippen LogP contribution in [0.5, 0.6) is 0 Å². The van der Waals surface area contributed by atoms with Gasteiger partial charge in [-0.15, -0.1) is 0 Å². The first-order valence-electron chi connectivity index (χ1n) is 5.55. The maximum atomic E-state index is 13.6. The van der Waals surface area contributed by atoms with Crippen molar-refractivity contribution in [2.24, 2.45) is 5.73 Å². The molecule has 0 aliphatic carbocycles. The molecule has 100 valence electrons. The molecule has 0 aliphatic heterocycles. The molecule has 0 fully saturated rings. The molecule has 0 aliphatic rings. The summed E-state index contributed by atoms with van der Waals surface area (Å²) in [5, 5.41) is 0. The number of nitrogens with two attached hydrogens (primary N) is 1. The molecule has 0 spiro atoms. The van der Waals surface area contributed by atoms with Gasteiger partial charge < -0.3 is 5.73 Å². The fourth-order valence-corrected chi connectivity index (χ4v) is 1.90. The van der Waals surface area contributed by atoms with Gasteiger partial charge in [-0.1, -0.05) is 6.07 Å². The zero-order valence-corrected chi connectivity index (χ0v) is 10.1. The summed E-state index contributed by atoms with van der Waals surface area (Å²) in [4.78, 5) is 0. The molecule has 1 nitrogen and oxygen atoms in total. The van der Waals surface area contributed by atoms with E-state index in [1.807, 2.05) is 0 Å². The molecule has 0 saturated carbocycles. The molecule has 0 radical (unpaired) electrons. The van der Waals surface area contributed by atoms with E-state index in [9.17, 15) is 17.6 Å². The van der Waals surface area contributed by atoms with Gasteiger partial charge in [-0.3, -0.25) is 0 Å². The fraction of sp³-hybridized carbons (Fsp3) is 0.143. The zero-order chi connectivity index (χ0) is 14.2. The number of benzene rings is 2. The van der Waals surface area contributed by atoms with Crippen molar-refractivity contribution < 1.29 is 17.6 Å². The zero-order valence-electron chi connectivity index (χ0n) is 10.1. The van der Waals surface area contributed by atoms with Crippen molar-refractivity contribution in [2.45, 2.75) is 13.0 Å². The highest BCUT2D eigenvalue weighted by molar-refractivity contribution is 5.35. The summed E-state index contributed by atoms with van der Waals surface area (Å²) in [5.41, 5.74) is 6.46. The maximum absolute atomic E-state index is 13.6. The molecule has 2 rings (SSSR count). The Morgan fingerprint density at radius 1 is 0.842 bits per heavy atom. The van der Waals surface area contributed by atoms with Crippen LogP contribution >= 0.6 is 0 Å². The molecular formula is C14H11F4N. The molecule has 0 aromatic heterocycles. The lowest BCUT2D eigenvalue weighted by Gasteiger charge is -2.14. The van der Waals surface area contributed by atoms with Gasteiger partial charge in [0.1, 0.15) is 11.6 Å². The minimum absolute atomic E-state index is 0.219. The second-order valence-corrected chi connectivity index (χ2v) is 4.33. The monoisotopic (exact) mass is 269 g/mol. The van der Waals surface area contributed by atoms with Gasteiger partial charge in [0, 0.05) is 11.6 Å². The van der Waals surface area contributed by atoms with Crippen molar-refractivity contribution in [3.63, 3.8) is 0 Å². The molecule has 2 aromatic carbocycles. The van der Waals surface area contributed by atoms with Crippen molar-refractivity contribution in [3.8, 4) is 0 Å². The van der Waals surface area contributed by atoms with Crippen LogP contribution in [-0.4, -0.2) is 0 Å². The normalized spacial score (nSPS) is 12.5. The molecule has 1 unspecified atom stereocenters. The van der Waals surface area contributed by atoms with E-state index in [4.69, 9.17) is 5.73 Å². The van der Waals surface area contributed by atoms with E-state index in [-0.39, 0.29) is 5.56 Å². The van der Waals surface area contributed by atoms with Gasteiger partial charge in [-0.2, -0.15) is 0 Å². The SMILES string of the molecule is Cc1cc(F)cc(C(N)c2cc(F)c(F)cc2F)c1. The van der Waals surface area contributed by atoms with Gasteiger partial charge in [0.15, 0.2) is 11.6 Å². The van der Waals surface area contributed by atoms with E-state index in [0.717, 1.165) is 6.07 Å². The lowest BCUT2D eigenvalue weighted by molar-refractivity contribution is 0.487. The summed E-state index contributed by atoms with van der Waals surface area (Å²) in [6, 6.07) is 4.04. The average Bonchev–Trinajstić information content (AvgIpc) is 2.31. The topological polar surface area (TPSA) is 26.0 Å². The summed E-state index contributed by atoms with van der Waals surface area (Å²) in [6.45, 7) is 1.65. The summed E-state index contributed by atoms with van der Waals surface area (Å²) in [6.07, 6.45) is 0. The number of hydrogen-bond donors (Lipinski definition) is 1. The van der Waals surface area contributed by atoms with Crippen LogP contribution in [0.3, 0.4) is 0 Å². The van der Waals surface area contributed by atoms with E-state index >= 15 is 0 Å².